The van der Waals surface area contributed by atoms with Crippen LogP contribution in [0.4, 0.5) is 10.5 Å². The molecular weight excluding hydrogens is 453 g/mol. The number of benzene rings is 2. The molecule has 1 heterocycles. The van der Waals surface area contributed by atoms with E-state index in [1.807, 2.05) is 0 Å². The lowest BCUT2D eigenvalue weighted by molar-refractivity contribution is -0.384. The fourth-order valence-electron chi connectivity index (χ4n) is 2.61. The summed E-state index contributed by atoms with van der Waals surface area (Å²) in [5, 5.41) is 13.5. The summed E-state index contributed by atoms with van der Waals surface area (Å²) < 4.78 is 0. The molecule has 154 valence electrons. The van der Waals surface area contributed by atoms with E-state index >= 15 is 0 Å². The van der Waals surface area contributed by atoms with Gasteiger partial charge in [0.1, 0.15) is 0 Å². The van der Waals surface area contributed by atoms with Crippen LogP contribution in [-0.2, 0) is 4.79 Å². The number of non-ortho nitro benzene ring substituents is 1. The normalized spacial score (nSPS) is 15.0. The Kier molecular flexibility index (Phi) is 6.76. The van der Waals surface area contributed by atoms with Gasteiger partial charge in [0.05, 0.1) is 19.9 Å². The number of carbonyl (C=O) groups is 3. The number of nitrogens with zero attached hydrogens (tertiary/aromatic N) is 2. The molecule has 0 radical (unpaired) electrons. The zero-order valence-electron chi connectivity index (χ0n) is 15.1. The smallest absolute Gasteiger partial charge is 0.293 e. The lowest BCUT2D eigenvalue weighted by atomic mass is 10.2. The van der Waals surface area contributed by atoms with Gasteiger partial charge < -0.3 is 5.32 Å². The molecule has 30 heavy (non-hydrogen) atoms. The van der Waals surface area contributed by atoms with Gasteiger partial charge in [-0.2, -0.15) is 0 Å². The van der Waals surface area contributed by atoms with Crippen molar-refractivity contribution in [3.8, 4) is 0 Å². The monoisotopic (exact) mass is 465 g/mol. The van der Waals surface area contributed by atoms with E-state index in [2.05, 4.69) is 5.32 Å². The Bertz CT molecular complexity index is 1090. The SMILES string of the molecule is O=C(NCCN1C(=O)S/C(=C\c2cccc(Cl)c2Cl)C1=O)c1cccc([N+](=O)[O-])c1. The summed E-state index contributed by atoms with van der Waals surface area (Å²) in [6, 6.07) is 10.2. The van der Waals surface area contributed by atoms with Crippen LogP contribution in [0.2, 0.25) is 10.0 Å². The van der Waals surface area contributed by atoms with E-state index in [0.717, 1.165) is 22.7 Å². The van der Waals surface area contributed by atoms with Crippen LogP contribution in [0.5, 0.6) is 0 Å². The van der Waals surface area contributed by atoms with Crippen molar-refractivity contribution < 1.29 is 19.3 Å². The van der Waals surface area contributed by atoms with Gasteiger partial charge >= 0.3 is 0 Å². The molecule has 0 unspecified atom stereocenters. The van der Waals surface area contributed by atoms with Crippen molar-refractivity contribution in [2.75, 3.05) is 13.1 Å². The van der Waals surface area contributed by atoms with E-state index in [9.17, 15) is 24.5 Å². The standard InChI is InChI=1S/C19H13Cl2N3O5S/c20-14-6-2-3-11(16(14)21)10-15-18(26)23(19(27)30-15)8-7-22-17(25)12-4-1-5-13(9-12)24(28)29/h1-6,9-10H,7-8H2,(H,22,25)/b15-10-. The van der Waals surface area contributed by atoms with Gasteiger partial charge in [0.2, 0.25) is 0 Å². The molecule has 1 N–H and O–H groups in total. The third kappa shape index (κ3) is 4.81. The summed E-state index contributed by atoms with van der Waals surface area (Å²) in [6.07, 6.45) is 1.49. The first kappa shape index (κ1) is 21.8. The number of nitrogens with one attached hydrogen (secondary N) is 1. The molecule has 2 aromatic rings. The van der Waals surface area contributed by atoms with Gasteiger partial charge in [-0.1, -0.05) is 41.4 Å². The van der Waals surface area contributed by atoms with Gasteiger partial charge in [0, 0.05) is 30.8 Å². The van der Waals surface area contributed by atoms with Gasteiger partial charge in [0.25, 0.3) is 22.7 Å². The molecule has 0 aromatic heterocycles. The minimum atomic E-state index is -0.602. The van der Waals surface area contributed by atoms with Crippen LogP contribution in [-0.4, -0.2) is 40.0 Å². The highest BCUT2D eigenvalue weighted by Gasteiger charge is 2.34. The molecule has 0 aliphatic carbocycles. The average molecular weight is 466 g/mol. The Balaban J connectivity index is 1.63. The highest BCUT2D eigenvalue weighted by Crippen LogP contribution is 2.34. The number of hydrogen-bond donors (Lipinski definition) is 1. The molecule has 3 amide bonds. The Labute approximate surface area is 185 Å². The maximum Gasteiger partial charge on any atom is 0.293 e. The lowest BCUT2D eigenvalue weighted by Crippen LogP contribution is -2.37. The molecule has 1 aliphatic rings. The van der Waals surface area contributed by atoms with Crippen molar-refractivity contribution >= 4 is 63.8 Å². The Morgan fingerprint density at radius 2 is 1.93 bits per heavy atom. The van der Waals surface area contributed by atoms with Crippen molar-refractivity contribution in [3.05, 3.63) is 78.7 Å². The third-order valence-corrected chi connectivity index (χ3v) is 5.82. The number of amides is 3. The molecule has 1 saturated heterocycles. The number of carbonyl (C=O) groups excluding carboxylic acids is 3. The van der Waals surface area contributed by atoms with Crippen LogP contribution in [0.15, 0.2) is 47.4 Å². The largest absolute Gasteiger partial charge is 0.350 e. The first-order valence-corrected chi connectivity index (χ1v) is 10.1. The highest BCUT2D eigenvalue weighted by molar-refractivity contribution is 8.18. The van der Waals surface area contributed by atoms with E-state index in [0.29, 0.717) is 10.6 Å². The topological polar surface area (TPSA) is 110 Å². The minimum absolute atomic E-state index is 0.00916. The van der Waals surface area contributed by atoms with E-state index in [4.69, 9.17) is 23.2 Å². The van der Waals surface area contributed by atoms with E-state index < -0.39 is 22.0 Å². The van der Waals surface area contributed by atoms with Crippen molar-refractivity contribution in [1.82, 2.24) is 10.2 Å². The number of imide groups is 1. The summed E-state index contributed by atoms with van der Waals surface area (Å²) in [7, 11) is 0. The van der Waals surface area contributed by atoms with Gasteiger partial charge in [-0.05, 0) is 35.5 Å². The van der Waals surface area contributed by atoms with Gasteiger partial charge in [-0.25, -0.2) is 0 Å². The number of thioether (sulfide) groups is 1. The molecule has 2 aromatic carbocycles. The highest BCUT2D eigenvalue weighted by atomic mass is 35.5. The zero-order valence-corrected chi connectivity index (χ0v) is 17.5. The molecule has 1 aliphatic heterocycles. The number of rotatable bonds is 6. The van der Waals surface area contributed by atoms with Gasteiger partial charge in [-0.3, -0.25) is 29.4 Å². The van der Waals surface area contributed by atoms with Gasteiger partial charge in [0.15, 0.2) is 0 Å². The fourth-order valence-corrected chi connectivity index (χ4v) is 3.83. The molecular formula is C19H13Cl2N3O5S. The van der Waals surface area contributed by atoms with Crippen LogP contribution in [0.25, 0.3) is 6.08 Å². The molecule has 11 heteroatoms. The fraction of sp³-hybridized carbons (Fsp3) is 0.105. The lowest BCUT2D eigenvalue weighted by Gasteiger charge is -2.13. The summed E-state index contributed by atoms with van der Waals surface area (Å²) in [5.74, 6) is -1.06. The van der Waals surface area contributed by atoms with Crippen LogP contribution >= 0.6 is 35.0 Å². The number of hydrogen-bond acceptors (Lipinski definition) is 6. The molecule has 0 saturated carbocycles. The third-order valence-electron chi connectivity index (χ3n) is 4.08. The van der Waals surface area contributed by atoms with E-state index in [-0.39, 0.29) is 34.3 Å². The second-order valence-electron chi connectivity index (χ2n) is 6.04. The molecule has 0 bridgehead atoms. The number of nitro benzene ring substituents is 1. The second kappa shape index (κ2) is 9.29. The van der Waals surface area contributed by atoms with Crippen LogP contribution in [0, 0.1) is 10.1 Å². The van der Waals surface area contributed by atoms with Crippen molar-refractivity contribution in [1.29, 1.82) is 0 Å². The maximum absolute atomic E-state index is 12.5. The predicted octanol–water partition coefficient (Wildman–Crippen LogP) is 4.37. The number of halogens is 2. The van der Waals surface area contributed by atoms with E-state index in [1.54, 1.807) is 18.2 Å². The zero-order chi connectivity index (χ0) is 21.8. The average Bonchev–Trinajstić information content (AvgIpc) is 2.98. The summed E-state index contributed by atoms with van der Waals surface area (Å²) >= 11 is 12.8. The number of nitro groups is 1. The van der Waals surface area contributed by atoms with Crippen molar-refractivity contribution in [2.24, 2.45) is 0 Å². The van der Waals surface area contributed by atoms with Crippen LogP contribution in [0.3, 0.4) is 0 Å². The van der Waals surface area contributed by atoms with Crippen molar-refractivity contribution in [2.45, 2.75) is 0 Å². The Morgan fingerprint density at radius 3 is 2.67 bits per heavy atom. The first-order valence-electron chi connectivity index (χ1n) is 8.50. The summed E-state index contributed by atoms with van der Waals surface area (Å²) in [5.41, 5.74) is 0.404. The van der Waals surface area contributed by atoms with E-state index in [1.165, 1.54) is 24.3 Å². The first-order chi connectivity index (χ1) is 14.3. The molecule has 8 nitrogen and oxygen atoms in total. The van der Waals surface area contributed by atoms with Crippen LogP contribution < -0.4 is 5.32 Å². The summed E-state index contributed by atoms with van der Waals surface area (Å²) in [4.78, 5) is 48.3. The summed E-state index contributed by atoms with van der Waals surface area (Å²) in [6.45, 7) is -0.0588. The predicted molar refractivity (Wildman–Crippen MR) is 115 cm³/mol. The molecule has 0 atom stereocenters. The quantitative estimate of drug-likeness (QED) is 0.385. The Morgan fingerprint density at radius 1 is 1.20 bits per heavy atom. The maximum atomic E-state index is 12.5. The minimum Gasteiger partial charge on any atom is -0.350 e. The second-order valence-corrected chi connectivity index (χ2v) is 7.82. The molecule has 3 rings (SSSR count). The molecule has 1 fully saturated rings. The Hall–Kier alpha value is -2.88. The molecule has 0 spiro atoms. The van der Waals surface area contributed by atoms with Gasteiger partial charge in [-0.15, -0.1) is 0 Å². The van der Waals surface area contributed by atoms with Crippen LogP contribution in [0.1, 0.15) is 15.9 Å². The van der Waals surface area contributed by atoms with Crippen molar-refractivity contribution in [3.63, 3.8) is 0 Å².